The van der Waals surface area contributed by atoms with Gasteiger partial charge in [-0.25, -0.2) is 4.68 Å². The molecule has 0 aliphatic carbocycles. The molecule has 3 rings (SSSR count). The van der Waals surface area contributed by atoms with Gasteiger partial charge in [0.05, 0.1) is 17.8 Å². The van der Waals surface area contributed by atoms with E-state index in [2.05, 4.69) is 17.0 Å². The highest BCUT2D eigenvalue weighted by molar-refractivity contribution is 5.79. The summed E-state index contributed by atoms with van der Waals surface area (Å²) in [5, 5.41) is 4.64. The first-order valence-corrected chi connectivity index (χ1v) is 9.23. The van der Waals surface area contributed by atoms with Gasteiger partial charge in [0.2, 0.25) is 5.91 Å². The first-order chi connectivity index (χ1) is 13.0. The van der Waals surface area contributed by atoms with E-state index in [-0.39, 0.29) is 11.9 Å². The lowest BCUT2D eigenvalue weighted by Crippen LogP contribution is -2.37. The van der Waals surface area contributed by atoms with Crippen molar-refractivity contribution >= 4 is 5.91 Å². The molecule has 5 heteroatoms. The molecule has 0 saturated heterocycles. The van der Waals surface area contributed by atoms with Gasteiger partial charge < -0.3 is 4.90 Å². The average Bonchev–Trinajstić information content (AvgIpc) is 2.97. The molecule has 3 aromatic rings. The maximum absolute atomic E-state index is 12.9. The Labute approximate surface area is 160 Å². The molecular weight excluding hydrogens is 336 g/mol. The minimum Gasteiger partial charge on any atom is -0.342 e. The van der Waals surface area contributed by atoms with E-state index < -0.39 is 0 Å². The molecule has 0 fully saturated rings. The normalized spacial score (nSPS) is 12.0. The average molecular weight is 362 g/mol. The number of carbonyl (C=O) groups is 1. The van der Waals surface area contributed by atoms with Crippen LogP contribution in [0.25, 0.3) is 5.69 Å². The van der Waals surface area contributed by atoms with Crippen molar-refractivity contribution in [2.24, 2.45) is 0 Å². The maximum atomic E-state index is 12.9. The summed E-state index contributed by atoms with van der Waals surface area (Å²) in [6.45, 7) is 6.04. The number of hydrogen-bond acceptors (Lipinski definition) is 3. The summed E-state index contributed by atoms with van der Waals surface area (Å²) in [7, 11) is 1.86. The van der Waals surface area contributed by atoms with E-state index in [0.717, 1.165) is 34.8 Å². The fraction of sp³-hybridized carbons (Fsp3) is 0.318. The molecule has 5 nitrogen and oxygen atoms in total. The van der Waals surface area contributed by atoms with Gasteiger partial charge in [-0.15, -0.1) is 0 Å². The summed E-state index contributed by atoms with van der Waals surface area (Å²) >= 11 is 0. The lowest BCUT2D eigenvalue weighted by Gasteiger charge is -2.25. The van der Waals surface area contributed by atoms with Gasteiger partial charge >= 0.3 is 0 Å². The third-order valence-corrected chi connectivity index (χ3v) is 5.06. The van der Waals surface area contributed by atoms with Gasteiger partial charge in [0, 0.05) is 42.7 Å². The van der Waals surface area contributed by atoms with E-state index in [0.29, 0.717) is 6.42 Å². The molecule has 1 aromatic carbocycles. The third-order valence-electron chi connectivity index (χ3n) is 5.06. The number of carbonyl (C=O) groups excluding carboxylic acids is 1. The highest BCUT2D eigenvalue weighted by Crippen LogP contribution is 2.19. The predicted molar refractivity (Wildman–Crippen MR) is 107 cm³/mol. The molecule has 1 unspecified atom stereocenters. The van der Waals surface area contributed by atoms with Crippen LogP contribution in [0.5, 0.6) is 0 Å². The zero-order valence-corrected chi connectivity index (χ0v) is 16.4. The van der Waals surface area contributed by atoms with Crippen LogP contribution in [0, 0.1) is 13.8 Å². The Bertz CT molecular complexity index is 903. The van der Waals surface area contributed by atoms with Crippen LogP contribution in [0.15, 0.2) is 54.7 Å². The van der Waals surface area contributed by atoms with Crippen LogP contribution >= 0.6 is 0 Å². The molecule has 0 saturated carbocycles. The van der Waals surface area contributed by atoms with Crippen LogP contribution in [0.2, 0.25) is 0 Å². The molecule has 0 N–H and O–H groups in total. The minimum absolute atomic E-state index is 0.0807. The number of amides is 1. The van der Waals surface area contributed by atoms with Crippen molar-refractivity contribution < 1.29 is 4.79 Å². The van der Waals surface area contributed by atoms with Crippen LogP contribution in [-0.2, 0) is 17.6 Å². The summed E-state index contributed by atoms with van der Waals surface area (Å²) in [6.07, 6.45) is 2.88. The van der Waals surface area contributed by atoms with Gasteiger partial charge in [-0.3, -0.25) is 9.78 Å². The van der Waals surface area contributed by atoms with E-state index in [9.17, 15) is 4.79 Å². The number of hydrogen-bond donors (Lipinski definition) is 0. The largest absolute Gasteiger partial charge is 0.342 e. The fourth-order valence-electron chi connectivity index (χ4n) is 3.23. The fourth-order valence-corrected chi connectivity index (χ4v) is 3.23. The topological polar surface area (TPSA) is 51.0 Å². The second-order valence-corrected chi connectivity index (χ2v) is 6.95. The van der Waals surface area contributed by atoms with Gasteiger partial charge in [-0.2, -0.15) is 5.10 Å². The second-order valence-electron chi connectivity index (χ2n) is 6.95. The Morgan fingerprint density at radius 1 is 1.11 bits per heavy atom. The van der Waals surface area contributed by atoms with Crippen LogP contribution < -0.4 is 0 Å². The first kappa shape index (κ1) is 18.8. The number of nitrogens with zero attached hydrogens (tertiary/aromatic N) is 4. The van der Waals surface area contributed by atoms with Gasteiger partial charge in [0.1, 0.15) is 0 Å². The van der Waals surface area contributed by atoms with Crippen molar-refractivity contribution in [3.8, 4) is 5.69 Å². The zero-order valence-electron chi connectivity index (χ0n) is 16.4. The number of likely N-dealkylation sites (N-methyl/N-ethyl adjacent to an activating group) is 1. The smallest absolute Gasteiger partial charge is 0.227 e. The molecular formula is C22H26N4O. The summed E-state index contributed by atoms with van der Waals surface area (Å²) in [4.78, 5) is 19.0. The first-order valence-electron chi connectivity index (χ1n) is 9.23. The van der Waals surface area contributed by atoms with Crippen molar-refractivity contribution in [1.82, 2.24) is 19.7 Å². The Morgan fingerprint density at radius 2 is 1.81 bits per heavy atom. The van der Waals surface area contributed by atoms with Crippen molar-refractivity contribution in [2.75, 3.05) is 7.05 Å². The lowest BCUT2D eigenvalue weighted by atomic mass is 10.1. The summed E-state index contributed by atoms with van der Waals surface area (Å²) in [5.41, 5.74) is 4.91. The molecule has 140 valence electrons. The Kier molecular flexibility index (Phi) is 5.69. The molecule has 0 spiro atoms. The molecule has 2 heterocycles. The summed E-state index contributed by atoms with van der Waals surface area (Å²) in [5.74, 6) is 0.0947. The summed E-state index contributed by atoms with van der Waals surface area (Å²) in [6, 6.07) is 16.0. The van der Waals surface area contributed by atoms with Crippen LogP contribution in [0.4, 0.5) is 0 Å². The number of aryl methyl sites for hydroxylation is 1. The summed E-state index contributed by atoms with van der Waals surface area (Å²) < 4.78 is 1.91. The van der Waals surface area contributed by atoms with Gasteiger partial charge in [0.15, 0.2) is 0 Å². The standard InChI is InChI=1S/C22H26N4O/c1-16(14-19-10-8-9-13-23-19)25(4)22(27)15-21-17(2)24-26(18(21)3)20-11-6-5-7-12-20/h5-13,16H,14-15H2,1-4H3. The molecule has 1 amide bonds. The van der Waals surface area contributed by atoms with Crippen LogP contribution in [0.3, 0.4) is 0 Å². The van der Waals surface area contributed by atoms with Crippen molar-refractivity contribution in [1.29, 1.82) is 0 Å². The Morgan fingerprint density at radius 3 is 2.48 bits per heavy atom. The molecule has 2 aromatic heterocycles. The van der Waals surface area contributed by atoms with Gasteiger partial charge in [-0.05, 0) is 45.0 Å². The van der Waals surface area contributed by atoms with Crippen molar-refractivity contribution in [3.05, 3.63) is 77.4 Å². The van der Waals surface area contributed by atoms with Crippen LogP contribution in [0.1, 0.15) is 29.6 Å². The van der Waals surface area contributed by atoms with E-state index in [1.54, 1.807) is 6.20 Å². The van der Waals surface area contributed by atoms with Crippen molar-refractivity contribution in [3.63, 3.8) is 0 Å². The number of para-hydroxylation sites is 1. The highest BCUT2D eigenvalue weighted by atomic mass is 16.2. The van der Waals surface area contributed by atoms with E-state index in [4.69, 9.17) is 0 Å². The number of benzene rings is 1. The quantitative estimate of drug-likeness (QED) is 0.674. The monoisotopic (exact) mass is 362 g/mol. The number of rotatable bonds is 6. The lowest BCUT2D eigenvalue weighted by molar-refractivity contribution is -0.130. The molecule has 0 radical (unpaired) electrons. The van der Waals surface area contributed by atoms with E-state index >= 15 is 0 Å². The Hall–Kier alpha value is -2.95. The van der Waals surface area contributed by atoms with Crippen molar-refractivity contribution in [2.45, 2.75) is 39.7 Å². The van der Waals surface area contributed by atoms with Crippen LogP contribution in [-0.4, -0.2) is 38.7 Å². The molecule has 0 aliphatic heterocycles. The van der Waals surface area contributed by atoms with E-state index in [1.807, 2.05) is 79.0 Å². The molecule has 1 atom stereocenters. The number of aromatic nitrogens is 3. The van der Waals surface area contributed by atoms with Gasteiger partial charge in [0.25, 0.3) is 0 Å². The highest BCUT2D eigenvalue weighted by Gasteiger charge is 2.21. The zero-order chi connectivity index (χ0) is 19.4. The molecule has 27 heavy (non-hydrogen) atoms. The van der Waals surface area contributed by atoms with Gasteiger partial charge in [-0.1, -0.05) is 24.3 Å². The minimum atomic E-state index is 0.0807. The third kappa shape index (κ3) is 4.25. The maximum Gasteiger partial charge on any atom is 0.227 e. The van der Waals surface area contributed by atoms with E-state index in [1.165, 1.54) is 0 Å². The molecule has 0 aliphatic rings. The second kappa shape index (κ2) is 8.16. The number of pyridine rings is 1. The molecule has 0 bridgehead atoms. The Balaban J connectivity index is 1.73. The SMILES string of the molecule is Cc1nn(-c2ccccc2)c(C)c1CC(=O)N(C)C(C)Cc1ccccn1. The predicted octanol–water partition coefficient (Wildman–Crippen LogP) is 3.52.